The lowest BCUT2D eigenvalue weighted by molar-refractivity contribution is 0.327. The average molecular weight is 102 g/mol. The molecule has 2 atom stereocenters. The van der Waals surface area contributed by atoms with Gasteiger partial charge in [0.2, 0.25) is 0 Å². The molecule has 0 saturated carbocycles. The molecule has 0 aromatic rings. The Morgan fingerprint density at radius 2 is 2.43 bits per heavy atom. The maximum absolute atomic E-state index is 12.2. The molecule has 0 spiro atoms. The molecule has 0 aromatic carbocycles. The Kier molecular flexibility index (Phi) is 1.28. The molecule has 1 unspecified atom stereocenters. The smallest absolute Gasteiger partial charge is 0.117 e. The molecule has 1 rings (SSSR count). The van der Waals surface area contributed by atoms with Gasteiger partial charge in [-0.15, -0.1) is 0 Å². The minimum absolute atomic E-state index is 0.153. The van der Waals surface area contributed by atoms with Gasteiger partial charge in [0.15, 0.2) is 0 Å². The number of rotatable bonds is 0. The molecule has 7 heavy (non-hydrogen) atoms. The Labute approximate surface area is 42.9 Å². The molecule has 1 N–H and O–H groups in total. The fraction of sp³-hybridized carbons (Fsp3) is 0.800. The second kappa shape index (κ2) is 1.78. The highest BCUT2D eigenvalue weighted by Crippen LogP contribution is 2.08. The molecule has 1 heterocycles. The molecule has 0 amide bonds. The van der Waals surface area contributed by atoms with Gasteiger partial charge in [0.1, 0.15) is 6.17 Å². The molecular formula is C5H9FN. The zero-order valence-corrected chi connectivity index (χ0v) is 4.15. The van der Waals surface area contributed by atoms with Gasteiger partial charge in [-0.1, -0.05) is 0 Å². The van der Waals surface area contributed by atoms with E-state index in [1.165, 1.54) is 0 Å². The van der Waals surface area contributed by atoms with Crippen LogP contribution in [0.5, 0.6) is 0 Å². The summed E-state index contributed by atoms with van der Waals surface area (Å²) >= 11 is 0. The Morgan fingerprint density at radius 3 is 2.57 bits per heavy atom. The fourth-order valence-corrected chi connectivity index (χ4v) is 0.736. The summed E-state index contributed by atoms with van der Waals surface area (Å²) in [6.07, 6.45) is -0.0752. The molecule has 1 aliphatic rings. The summed E-state index contributed by atoms with van der Waals surface area (Å²) in [4.78, 5) is 0. The summed E-state index contributed by atoms with van der Waals surface area (Å²) in [7, 11) is 0. The highest BCUT2D eigenvalue weighted by molar-refractivity contribution is 4.84. The van der Waals surface area contributed by atoms with E-state index in [9.17, 15) is 4.39 Å². The molecule has 1 saturated heterocycles. The van der Waals surface area contributed by atoms with Crippen LogP contribution in [-0.4, -0.2) is 18.8 Å². The zero-order valence-electron chi connectivity index (χ0n) is 4.15. The predicted octanol–water partition coefficient (Wildman–Crippen LogP) is 0.520. The van der Waals surface area contributed by atoms with Gasteiger partial charge in [-0.05, 0) is 19.9 Å². The number of hydrogen-bond donors (Lipinski definition) is 1. The number of nitrogens with one attached hydrogen (secondary N) is 1. The maximum atomic E-state index is 12.2. The first-order chi connectivity index (χ1) is 3.30. The Bertz CT molecular complexity index is 57.1. The van der Waals surface area contributed by atoms with Crippen molar-refractivity contribution >= 4 is 0 Å². The lowest BCUT2D eigenvalue weighted by Gasteiger charge is -2.01. The summed E-state index contributed by atoms with van der Waals surface area (Å²) in [5.41, 5.74) is 0. The van der Waals surface area contributed by atoms with Crippen LogP contribution in [0.2, 0.25) is 0 Å². The third-order valence-electron chi connectivity index (χ3n) is 1.26. The van der Waals surface area contributed by atoms with Crippen LogP contribution in [0.4, 0.5) is 4.39 Å². The van der Waals surface area contributed by atoms with Crippen LogP contribution < -0.4 is 5.32 Å². The van der Waals surface area contributed by atoms with Crippen LogP contribution in [0, 0.1) is 6.92 Å². The van der Waals surface area contributed by atoms with Crippen LogP contribution >= 0.6 is 0 Å². The van der Waals surface area contributed by atoms with E-state index in [-0.39, 0.29) is 6.04 Å². The highest BCUT2D eigenvalue weighted by Gasteiger charge is 2.20. The summed E-state index contributed by atoms with van der Waals surface area (Å²) in [6.45, 7) is 4.32. The second-order valence-corrected chi connectivity index (χ2v) is 1.87. The second-order valence-electron chi connectivity index (χ2n) is 1.87. The van der Waals surface area contributed by atoms with Gasteiger partial charge in [-0.2, -0.15) is 0 Å². The zero-order chi connectivity index (χ0) is 5.28. The van der Waals surface area contributed by atoms with E-state index in [2.05, 4.69) is 12.2 Å². The van der Waals surface area contributed by atoms with Crippen molar-refractivity contribution in [1.82, 2.24) is 5.32 Å². The van der Waals surface area contributed by atoms with Gasteiger partial charge >= 0.3 is 0 Å². The maximum Gasteiger partial charge on any atom is 0.117 e. The molecular weight excluding hydrogens is 93.1 g/mol. The lowest BCUT2D eigenvalue weighted by Crippen LogP contribution is -2.23. The van der Waals surface area contributed by atoms with E-state index >= 15 is 0 Å². The third-order valence-corrected chi connectivity index (χ3v) is 1.26. The van der Waals surface area contributed by atoms with Crippen molar-refractivity contribution in [3.63, 3.8) is 0 Å². The summed E-state index contributed by atoms with van der Waals surface area (Å²) < 4.78 is 12.2. The van der Waals surface area contributed by atoms with Crippen molar-refractivity contribution < 1.29 is 4.39 Å². The molecule has 0 bridgehead atoms. The van der Waals surface area contributed by atoms with Crippen molar-refractivity contribution in [1.29, 1.82) is 0 Å². The molecule has 1 nitrogen and oxygen atoms in total. The SMILES string of the molecule is [CH2]C1NCC[C@@H]1F. The Hall–Kier alpha value is -0.110. The van der Waals surface area contributed by atoms with Crippen molar-refractivity contribution in [3.8, 4) is 0 Å². The van der Waals surface area contributed by atoms with Crippen LogP contribution in [0.3, 0.4) is 0 Å². The molecule has 0 aromatic heterocycles. The van der Waals surface area contributed by atoms with E-state index in [0.29, 0.717) is 6.42 Å². The lowest BCUT2D eigenvalue weighted by atomic mass is 10.2. The largest absolute Gasteiger partial charge is 0.311 e. The van der Waals surface area contributed by atoms with Gasteiger partial charge in [0.25, 0.3) is 0 Å². The van der Waals surface area contributed by atoms with E-state index in [4.69, 9.17) is 0 Å². The predicted molar refractivity (Wildman–Crippen MR) is 26.7 cm³/mol. The van der Waals surface area contributed by atoms with Crippen molar-refractivity contribution in [3.05, 3.63) is 6.92 Å². The first-order valence-electron chi connectivity index (χ1n) is 2.51. The first kappa shape index (κ1) is 5.04. The van der Waals surface area contributed by atoms with E-state index in [1.54, 1.807) is 0 Å². The third kappa shape index (κ3) is 0.911. The summed E-state index contributed by atoms with van der Waals surface area (Å²) in [6, 6.07) is -0.153. The number of alkyl halides is 1. The fourth-order valence-electron chi connectivity index (χ4n) is 0.736. The highest BCUT2D eigenvalue weighted by atomic mass is 19.1. The van der Waals surface area contributed by atoms with Gasteiger partial charge < -0.3 is 5.32 Å². The topological polar surface area (TPSA) is 12.0 Å². The van der Waals surface area contributed by atoms with Gasteiger partial charge in [-0.3, -0.25) is 0 Å². The van der Waals surface area contributed by atoms with E-state index < -0.39 is 6.17 Å². The van der Waals surface area contributed by atoms with Crippen molar-refractivity contribution in [2.75, 3.05) is 6.54 Å². The monoisotopic (exact) mass is 102 g/mol. The normalized spacial score (nSPS) is 42.0. The van der Waals surface area contributed by atoms with Gasteiger partial charge in [0.05, 0.1) is 0 Å². The summed E-state index contributed by atoms with van der Waals surface area (Å²) in [5.74, 6) is 0. The Balaban J connectivity index is 2.33. The average Bonchev–Trinajstić information content (AvgIpc) is 1.91. The first-order valence-corrected chi connectivity index (χ1v) is 2.51. The quantitative estimate of drug-likeness (QED) is 0.470. The minimum atomic E-state index is -0.708. The molecule has 1 radical (unpaired) electrons. The summed E-state index contributed by atoms with van der Waals surface area (Å²) in [5, 5.41) is 2.88. The van der Waals surface area contributed by atoms with Gasteiger partial charge in [-0.25, -0.2) is 4.39 Å². The Morgan fingerprint density at radius 1 is 1.71 bits per heavy atom. The van der Waals surface area contributed by atoms with Crippen molar-refractivity contribution in [2.24, 2.45) is 0 Å². The van der Waals surface area contributed by atoms with Crippen LogP contribution in [0.15, 0.2) is 0 Å². The van der Waals surface area contributed by atoms with Gasteiger partial charge in [0, 0.05) is 6.04 Å². The number of hydrogen-bond acceptors (Lipinski definition) is 1. The molecule has 0 aliphatic carbocycles. The molecule has 2 heteroatoms. The van der Waals surface area contributed by atoms with E-state index in [0.717, 1.165) is 6.54 Å². The standard InChI is InChI=1S/C5H9FN/c1-4-5(6)2-3-7-4/h4-5,7H,1-3H2/t4?,5-/m0/s1. The van der Waals surface area contributed by atoms with Crippen LogP contribution in [-0.2, 0) is 0 Å². The molecule has 1 fully saturated rings. The molecule has 41 valence electrons. The van der Waals surface area contributed by atoms with Crippen LogP contribution in [0.1, 0.15) is 6.42 Å². The molecule has 1 aliphatic heterocycles. The van der Waals surface area contributed by atoms with E-state index in [1.807, 2.05) is 0 Å². The minimum Gasteiger partial charge on any atom is -0.311 e. The van der Waals surface area contributed by atoms with Crippen LogP contribution in [0.25, 0.3) is 0 Å². The number of halogens is 1. The van der Waals surface area contributed by atoms with Crippen molar-refractivity contribution in [2.45, 2.75) is 18.6 Å².